The first-order chi connectivity index (χ1) is 14.5. The summed E-state index contributed by atoms with van der Waals surface area (Å²) in [4.78, 5) is 28.2. The number of urea groups is 1. The molecule has 3 aromatic rings. The second kappa shape index (κ2) is 8.17. The zero-order chi connectivity index (χ0) is 21.1. The van der Waals surface area contributed by atoms with E-state index in [-0.39, 0.29) is 6.54 Å². The maximum atomic E-state index is 13.3. The van der Waals surface area contributed by atoms with E-state index in [1.165, 1.54) is 11.3 Å². The third kappa shape index (κ3) is 3.51. The molecule has 0 fully saturated rings. The standard InChI is InChI=1S/C22H21N3O4S/c1-2-29-16-11-9-15(10-12-16)25-21(27)24-19-8-4-3-7-18(19)22(25,28)20(26)23-14-17-6-5-13-30-17/h3-13,28H,2,14H2,1H3,(H,23,26)(H,24,27)/t22-/m1/s1. The molecule has 0 bridgehead atoms. The molecule has 3 amide bonds. The van der Waals surface area contributed by atoms with Crippen molar-refractivity contribution in [1.29, 1.82) is 0 Å². The maximum Gasteiger partial charge on any atom is 0.329 e. The van der Waals surface area contributed by atoms with Crippen LogP contribution in [0.15, 0.2) is 66.0 Å². The first-order valence-electron chi connectivity index (χ1n) is 9.50. The Kier molecular flexibility index (Phi) is 5.43. The number of thiophene rings is 1. The molecule has 30 heavy (non-hydrogen) atoms. The van der Waals surface area contributed by atoms with Crippen LogP contribution in [0, 0.1) is 0 Å². The summed E-state index contributed by atoms with van der Waals surface area (Å²) in [5.41, 5.74) is -1.18. The van der Waals surface area contributed by atoms with Crippen molar-refractivity contribution in [3.8, 4) is 5.75 Å². The normalized spacial score (nSPS) is 17.8. The van der Waals surface area contributed by atoms with E-state index in [1.54, 1.807) is 48.5 Å². The Balaban J connectivity index is 1.74. The molecular formula is C22H21N3O4S. The summed E-state index contributed by atoms with van der Waals surface area (Å²) in [6.45, 7) is 2.63. The van der Waals surface area contributed by atoms with E-state index in [4.69, 9.17) is 4.74 Å². The van der Waals surface area contributed by atoms with Gasteiger partial charge in [-0.25, -0.2) is 4.79 Å². The highest BCUT2D eigenvalue weighted by atomic mass is 32.1. The van der Waals surface area contributed by atoms with Crippen LogP contribution in [0.5, 0.6) is 5.75 Å². The van der Waals surface area contributed by atoms with Crippen LogP contribution in [0.2, 0.25) is 0 Å². The number of fused-ring (bicyclic) bond motifs is 1. The molecule has 7 nitrogen and oxygen atoms in total. The molecule has 8 heteroatoms. The average molecular weight is 423 g/mol. The predicted molar refractivity (Wildman–Crippen MR) is 116 cm³/mol. The third-order valence-corrected chi connectivity index (χ3v) is 5.67. The molecule has 1 aromatic heterocycles. The summed E-state index contributed by atoms with van der Waals surface area (Å²) in [5, 5.41) is 19.1. The minimum atomic E-state index is -2.22. The molecule has 1 atom stereocenters. The van der Waals surface area contributed by atoms with Crippen LogP contribution in [0.4, 0.5) is 16.2 Å². The summed E-state index contributed by atoms with van der Waals surface area (Å²) < 4.78 is 5.45. The third-order valence-electron chi connectivity index (χ3n) is 4.80. The monoisotopic (exact) mass is 423 g/mol. The first kappa shape index (κ1) is 19.9. The van der Waals surface area contributed by atoms with Gasteiger partial charge in [-0.15, -0.1) is 11.3 Å². The van der Waals surface area contributed by atoms with Gasteiger partial charge in [-0.1, -0.05) is 24.3 Å². The molecule has 2 aromatic carbocycles. The average Bonchev–Trinajstić information content (AvgIpc) is 3.27. The minimum absolute atomic E-state index is 0.250. The Morgan fingerprint density at radius 2 is 1.93 bits per heavy atom. The second-order valence-electron chi connectivity index (χ2n) is 6.67. The van der Waals surface area contributed by atoms with E-state index >= 15 is 0 Å². The number of nitrogens with one attached hydrogen (secondary N) is 2. The fourth-order valence-electron chi connectivity index (χ4n) is 3.42. The number of amides is 3. The molecule has 2 heterocycles. The highest BCUT2D eigenvalue weighted by Crippen LogP contribution is 2.40. The molecular weight excluding hydrogens is 402 g/mol. The number of aliphatic hydroxyl groups is 1. The number of carbonyl (C=O) groups is 2. The fraction of sp³-hybridized carbons (Fsp3) is 0.182. The topological polar surface area (TPSA) is 90.9 Å². The van der Waals surface area contributed by atoms with Gasteiger partial charge in [-0.2, -0.15) is 0 Å². The van der Waals surface area contributed by atoms with E-state index in [0.29, 0.717) is 29.3 Å². The molecule has 0 unspecified atom stereocenters. The van der Waals surface area contributed by atoms with Crippen LogP contribution in [-0.2, 0) is 17.1 Å². The molecule has 0 saturated carbocycles. The van der Waals surface area contributed by atoms with Gasteiger partial charge in [0, 0.05) is 16.1 Å². The zero-order valence-electron chi connectivity index (χ0n) is 16.3. The van der Waals surface area contributed by atoms with E-state index in [1.807, 2.05) is 24.4 Å². The van der Waals surface area contributed by atoms with Crippen molar-refractivity contribution < 1.29 is 19.4 Å². The molecule has 0 saturated heterocycles. The van der Waals surface area contributed by atoms with Crippen molar-refractivity contribution in [2.45, 2.75) is 19.2 Å². The molecule has 4 rings (SSSR count). The van der Waals surface area contributed by atoms with Gasteiger partial charge in [0.1, 0.15) is 5.75 Å². The number of ether oxygens (including phenoxy) is 1. The van der Waals surface area contributed by atoms with Crippen LogP contribution < -0.4 is 20.3 Å². The zero-order valence-corrected chi connectivity index (χ0v) is 17.1. The fourth-order valence-corrected chi connectivity index (χ4v) is 4.07. The van der Waals surface area contributed by atoms with E-state index in [2.05, 4.69) is 10.6 Å². The maximum absolute atomic E-state index is 13.3. The van der Waals surface area contributed by atoms with Crippen LogP contribution in [0.1, 0.15) is 17.4 Å². The molecule has 154 valence electrons. The van der Waals surface area contributed by atoms with E-state index in [0.717, 1.165) is 9.78 Å². The predicted octanol–water partition coefficient (Wildman–Crippen LogP) is 3.66. The van der Waals surface area contributed by atoms with Gasteiger partial charge in [0.05, 0.1) is 18.8 Å². The Bertz CT molecular complexity index is 1050. The molecule has 3 N–H and O–H groups in total. The quantitative estimate of drug-likeness (QED) is 0.564. The molecule has 0 aliphatic carbocycles. The van der Waals surface area contributed by atoms with Gasteiger partial charge < -0.3 is 20.5 Å². The first-order valence-corrected chi connectivity index (χ1v) is 10.4. The highest BCUT2D eigenvalue weighted by molar-refractivity contribution is 7.09. The number of benzene rings is 2. The lowest BCUT2D eigenvalue weighted by atomic mass is 9.95. The number of para-hydroxylation sites is 1. The van der Waals surface area contributed by atoms with Crippen LogP contribution in [0.3, 0.4) is 0 Å². The Hall–Kier alpha value is -3.36. The highest BCUT2D eigenvalue weighted by Gasteiger charge is 2.51. The number of nitrogens with zero attached hydrogens (tertiary/aromatic N) is 1. The number of anilines is 2. The van der Waals surface area contributed by atoms with Gasteiger partial charge in [0.15, 0.2) is 0 Å². The van der Waals surface area contributed by atoms with E-state index in [9.17, 15) is 14.7 Å². The summed E-state index contributed by atoms with van der Waals surface area (Å²) in [5.74, 6) is -0.0585. The van der Waals surface area contributed by atoms with Gasteiger partial charge in [0.2, 0.25) is 0 Å². The Morgan fingerprint density at radius 3 is 2.63 bits per heavy atom. The smallest absolute Gasteiger partial charge is 0.329 e. The molecule has 1 aliphatic rings. The number of carbonyl (C=O) groups excluding carboxylic acids is 2. The number of hydrogen-bond acceptors (Lipinski definition) is 5. The van der Waals surface area contributed by atoms with E-state index < -0.39 is 17.7 Å². The lowest BCUT2D eigenvalue weighted by Crippen LogP contribution is -2.62. The van der Waals surface area contributed by atoms with Crippen molar-refractivity contribution >= 4 is 34.6 Å². The van der Waals surface area contributed by atoms with Crippen molar-refractivity contribution in [3.05, 3.63) is 76.5 Å². The summed E-state index contributed by atoms with van der Waals surface area (Å²) in [6, 6.07) is 16.5. The lowest BCUT2D eigenvalue weighted by Gasteiger charge is -2.42. The second-order valence-corrected chi connectivity index (χ2v) is 7.70. The summed E-state index contributed by atoms with van der Waals surface area (Å²) in [6.07, 6.45) is 0. The Morgan fingerprint density at radius 1 is 1.17 bits per heavy atom. The van der Waals surface area contributed by atoms with Crippen molar-refractivity contribution in [2.75, 3.05) is 16.8 Å². The van der Waals surface area contributed by atoms with Crippen LogP contribution in [-0.4, -0.2) is 23.7 Å². The SMILES string of the molecule is CCOc1ccc(N2C(=O)Nc3ccccc3[C@@]2(O)C(=O)NCc2cccs2)cc1. The van der Waals surface area contributed by atoms with Crippen LogP contribution >= 0.6 is 11.3 Å². The van der Waals surface area contributed by atoms with Crippen molar-refractivity contribution in [1.82, 2.24) is 5.32 Å². The summed E-state index contributed by atoms with van der Waals surface area (Å²) in [7, 11) is 0. The van der Waals surface area contributed by atoms with Crippen molar-refractivity contribution in [3.63, 3.8) is 0 Å². The Labute approximate surface area is 177 Å². The van der Waals surface area contributed by atoms with Gasteiger partial charge in [-0.3, -0.25) is 9.69 Å². The summed E-state index contributed by atoms with van der Waals surface area (Å²) >= 11 is 1.50. The lowest BCUT2D eigenvalue weighted by molar-refractivity contribution is -0.140. The molecule has 1 aliphatic heterocycles. The van der Waals surface area contributed by atoms with Gasteiger partial charge in [0.25, 0.3) is 11.6 Å². The molecule has 0 radical (unpaired) electrons. The van der Waals surface area contributed by atoms with Crippen molar-refractivity contribution in [2.24, 2.45) is 0 Å². The number of rotatable bonds is 6. The largest absolute Gasteiger partial charge is 0.494 e. The number of hydrogen-bond donors (Lipinski definition) is 3. The minimum Gasteiger partial charge on any atom is -0.494 e. The van der Waals surface area contributed by atoms with Crippen LogP contribution in [0.25, 0.3) is 0 Å². The molecule has 0 spiro atoms. The van der Waals surface area contributed by atoms with Gasteiger partial charge in [-0.05, 0) is 48.7 Å². The van der Waals surface area contributed by atoms with Gasteiger partial charge >= 0.3 is 6.03 Å².